The second-order valence-corrected chi connectivity index (χ2v) is 4.35. The average Bonchev–Trinajstić information content (AvgIpc) is 2.79. The van der Waals surface area contributed by atoms with Gasteiger partial charge in [-0.25, -0.2) is 4.98 Å². The van der Waals surface area contributed by atoms with Crippen LogP contribution in [0.4, 0.5) is 5.69 Å². The first kappa shape index (κ1) is 13.8. The zero-order valence-electron chi connectivity index (χ0n) is 11.5. The summed E-state index contributed by atoms with van der Waals surface area (Å²) in [5.74, 6) is 0.410. The molecular weight excluding hydrogens is 254 g/mol. The van der Waals surface area contributed by atoms with Crippen molar-refractivity contribution < 1.29 is 9.21 Å². The van der Waals surface area contributed by atoms with Gasteiger partial charge in [-0.2, -0.15) is 5.26 Å². The number of amides is 1. The zero-order chi connectivity index (χ0) is 14.5. The van der Waals surface area contributed by atoms with E-state index >= 15 is 0 Å². The number of rotatable bonds is 4. The molecule has 0 fully saturated rings. The fourth-order valence-corrected chi connectivity index (χ4v) is 1.97. The van der Waals surface area contributed by atoms with Gasteiger partial charge in [0.05, 0.1) is 18.2 Å². The van der Waals surface area contributed by atoms with E-state index in [4.69, 9.17) is 9.68 Å². The molecule has 1 heterocycles. The number of aromatic nitrogens is 1. The Bertz CT molecular complexity index is 641. The number of oxazole rings is 1. The lowest BCUT2D eigenvalue weighted by molar-refractivity contribution is 0.0958. The molecule has 0 saturated carbocycles. The lowest BCUT2D eigenvalue weighted by atomic mass is 10.2. The minimum atomic E-state index is -0.274. The van der Waals surface area contributed by atoms with Crippen LogP contribution in [-0.2, 0) is 0 Å². The Morgan fingerprint density at radius 2 is 2.05 bits per heavy atom. The van der Waals surface area contributed by atoms with Crippen LogP contribution in [0.5, 0.6) is 0 Å². The smallest absolute Gasteiger partial charge is 0.296 e. The van der Waals surface area contributed by atoms with Crippen LogP contribution in [0.3, 0.4) is 0 Å². The molecule has 0 aliphatic heterocycles. The number of carbonyl (C=O) groups excluding carboxylic acids is 1. The fourth-order valence-electron chi connectivity index (χ4n) is 1.97. The molecule has 0 aliphatic carbocycles. The SMILES string of the molecule is Cc1nc(C)c(C(=O)N(CCC#N)c2ccccc2)o1. The molecule has 5 heteroatoms. The van der Waals surface area contributed by atoms with Gasteiger partial charge < -0.3 is 9.32 Å². The van der Waals surface area contributed by atoms with Crippen molar-refractivity contribution in [3.8, 4) is 6.07 Å². The molecule has 1 aromatic carbocycles. The summed E-state index contributed by atoms with van der Waals surface area (Å²) in [7, 11) is 0. The van der Waals surface area contributed by atoms with E-state index in [9.17, 15) is 4.79 Å². The molecule has 0 unspecified atom stereocenters. The van der Waals surface area contributed by atoms with Crippen LogP contribution in [0.15, 0.2) is 34.7 Å². The van der Waals surface area contributed by atoms with Gasteiger partial charge in [0.25, 0.3) is 5.91 Å². The van der Waals surface area contributed by atoms with Crippen LogP contribution in [0.25, 0.3) is 0 Å². The van der Waals surface area contributed by atoms with Crippen LogP contribution in [-0.4, -0.2) is 17.4 Å². The molecule has 0 spiro atoms. The van der Waals surface area contributed by atoms with Crippen LogP contribution in [0, 0.1) is 25.2 Å². The van der Waals surface area contributed by atoms with Gasteiger partial charge in [0.1, 0.15) is 0 Å². The van der Waals surface area contributed by atoms with Gasteiger partial charge in [-0.1, -0.05) is 18.2 Å². The largest absolute Gasteiger partial charge is 0.436 e. The van der Waals surface area contributed by atoms with E-state index < -0.39 is 0 Å². The summed E-state index contributed by atoms with van der Waals surface area (Å²) < 4.78 is 5.37. The minimum absolute atomic E-state index is 0.226. The highest BCUT2D eigenvalue weighted by molar-refractivity contribution is 6.04. The maximum Gasteiger partial charge on any atom is 0.296 e. The van der Waals surface area contributed by atoms with Crippen LogP contribution in [0.1, 0.15) is 28.6 Å². The molecule has 0 radical (unpaired) electrons. The van der Waals surface area contributed by atoms with Gasteiger partial charge >= 0.3 is 0 Å². The number of nitrogens with zero attached hydrogens (tertiary/aromatic N) is 3. The lowest BCUT2D eigenvalue weighted by Gasteiger charge is -2.20. The molecule has 0 atom stereocenters. The highest BCUT2D eigenvalue weighted by Gasteiger charge is 2.23. The maximum atomic E-state index is 12.6. The Balaban J connectivity index is 2.34. The summed E-state index contributed by atoms with van der Waals surface area (Å²) in [4.78, 5) is 18.2. The Kier molecular flexibility index (Phi) is 4.16. The second-order valence-electron chi connectivity index (χ2n) is 4.35. The van der Waals surface area contributed by atoms with Crippen molar-refractivity contribution in [3.05, 3.63) is 47.7 Å². The zero-order valence-corrected chi connectivity index (χ0v) is 11.5. The van der Waals surface area contributed by atoms with Gasteiger partial charge in [-0.05, 0) is 19.1 Å². The monoisotopic (exact) mass is 269 g/mol. The van der Waals surface area contributed by atoms with E-state index in [2.05, 4.69) is 11.1 Å². The predicted octanol–water partition coefficient (Wildman–Crippen LogP) is 2.85. The van der Waals surface area contributed by atoms with Gasteiger partial charge in [-0.15, -0.1) is 0 Å². The third-order valence-corrected chi connectivity index (χ3v) is 2.86. The predicted molar refractivity (Wildman–Crippen MR) is 74.3 cm³/mol. The quantitative estimate of drug-likeness (QED) is 0.855. The Morgan fingerprint density at radius 1 is 1.35 bits per heavy atom. The minimum Gasteiger partial charge on any atom is -0.436 e. The first-order chi connectivity index (χ1) is 9.63. The summed E-state index contributed by atoms with van der Waals surface area (Å²) in [6, 6.07) is 11.3. The molecule has 2 rings (SSSR count). The van der Waals surface area contributed by atoms with Crippen LogP contribution >= 0.6 is 0 Å². The number of anilines is 1. The topological polar surface area (TPSA) is 70.1 Å². The van der Waals surface area contributed by atoms with Crippen molar-refractivity contribution in [1.82, 2.24) is 4.98 Å². The fraction of sp³-hybridized carbons (Fsp3) is 0.267. The highest BCUT2D eigenvalue weighted by atomic mass is 16.4. The highest BCUT2D eigenvalue weighted by Crippen LogP contribution is 2.19. The molecule has 5 nitrogen and oxygen atoms in total. The Labute approximate surface area is 117 Å². The van der Waals surface area contributed by atoms with Crippen LogP contribution in [0.2, 0.25) is 0 Å². The van der Waals surface area contributed by atoms with Gasteiger partial charge in [0, 0.05) is 19.2 Å². The molecule has 0 saturated heterocycles. The molecule has 0 bridgehead atoms. The van der Waals surface area contributed by atoms with E-state index in [1.165, 1.54) is 4.90 Å². The maximum absolute atomic E-state index is 12.6. The molecule has 20 heavy (non-hydrogen) atoms. The lowest BCUT2D eigenvalue weighted by Crippen LogP contribution is -2.32. The third kappa shape index (κ3) is 2.86. The summed E-state index contributed by atoms with van der Waals surface area (Å²) in [5, 5.41) is 8.75. The first-order valence-corrected chi connectivity index (χ1v) is 6.31. The number of benzene rings is 1. The van der Waals surface area contributed by atoms with Crippen LogP contribution < -0.4 is 4.90 Å². The van der Waals surface area contributed by atoms with E-state index in [1.54, 1.807) is 13.8 Å². The average molecular weight is 269 g/mol. The molecule has 0 aliphatic rings. The number of hydrogen-bond acceptors (Lipinski definition) is 4. The van der Waals surface area contributed by atoms with Crippen molar-refractivity contribution in [2.45, 2.75) is 20.3 Å². The normalized spacial score (nSPS) is 10.1. The number of carbonyl (C=O) groups is 1. The number of hydrogen-bond donors (Lipinski definition) is 0. The number of para-hydroxylation sites is 1. The molecule has 102 valence electrons. The molecule has 1 aromatic heterocycles. The van der Waals surface area contributed by atoms with E-state index in [0.717, 1.165) is 5.69 Å². The van der Waals surface area contributed by atoms with Crippen molar-refractivity contribution in [1.29, 1.82) is 5.26 Å². The third-order valence-electron chi connectivity index (χ3n) is 2.86. The molecule has 2 aromatic rings. The van der Waals surface area contributed by atoms with Gasteiger partial charge in [-0.3, -0.25) is 4.79 Å². The molecule has 1 amide bonds. The summed E-state index contributed by atoms with van der Waals surface area (Å²) >= 11 is 0. The van der Waals surface area contributed by atoms with Gasteiger partial charge in [0.15, 0.2) is 5.89 Å². The van der Waals surface area contributed by atoms with Crippen molar-refractivity contribution in [2.24, 2.45) is 0 Å². The number of nitriles is 1. The van der Waals surface area contributed by atoms with E-state index in [0.29, 0.717) is 18.1 Å². The van der Waals surface area contributed by atoms with Crippen molar-refractivity contribution in [2.75, 3.05) is 11.4 Å². The van der Waals surface area contributed by atoms with E-state index in [1.807, 2.05) is 30.3 Å². The summed E-state index contributed by atoms with van der Waals surface area (Å²) in [5.41, 5.74) is 1.30. The van der Waals surface area contributed by atoms with Crippen molar-refractivity contribution >= 4 is 11.6 Å². The standard InChI is InChI=1S/C15H15N3O2/c1-11-14(20-12(2)17-11)15(19)18(10-6-9-16)13-7-4-3-5-8-13/h3-5,7-8H,6,10H2,1-2H3. The van der Waals surface area contributed by atoms with E-state index in [-0.39, 0.29) is 18.1 Å². The number of aryl methyl sites for hydroxylation is 2. The Hall–Kier alpha value is -2.61. The summed E-state index contributed by atoms with van der Waals surface area (Å²) in [6.07, 6.45) is 0.257. The molecular formula is C15H15N3O2. The summed E-state index contributed by atoms with van der Waals surface area (Å²) in [6.45, 7) is 3.75. The van der Waals surface area contributed by atoms with Crippen molar-refractivity contribution in [3.63, 3.8) is 0 Å². The second kappa shape index (κ2) is 6.02. The Morgan fingerprint density at radius 3 is 2.60 bits per heavy atom. The molecule has 0 N–H and O–H groups in total. The van der Waals surface area contributed by atoms with Gasteiger partial charge in [0.2, 0.25) is 5.76 Å². The first-order valence-electron chi connectivity index (χ1n) is 6.31.